The summed E-state index contributed by atoms with van der Waals surface area (Å²) in [6, 6.07) is 7.51. The summed E-state index contributed by atoms with van der Waals surface area (Å²) >= 11 is 0. The van der Waals surface area contributed by atoms with Crippen molar-refractivity contribution in [2.45, 2.75) is 52.7 Å². The van der Waals surface area contributed by atoms with Gasteiger partial charge in [-0.2, -0.15) is 0 Å². The molecule has 0 spiro atoms. The molecule has 1 aromatic rings. The van der Waals surface area contributed by atoms with Crippen molar-refractivity contribution in [3.63, 3.8) is 0 Å². The first-order valence-electron chi connectivity index (χ1n) is 9.36. The standard InChI is InChI=1S/C21H34N2O4/c1-16(2)26-18-10-8-9-17(13-18)14-19(24)23(12-11-22(6)7)15-20(25)27-21(3,4)5/h8-10,13,16H,11-12,14-15H2,1-7H3. The zero-order valence-corrected chi connectivity index (χ0v) is 17.7. The van der Waals surface area contributed by atoms with Gasteiger partial charge >= 0.3 is 5.97 Å². The van der Waals surface area contributed by atoms with Gasteiger partial charge in [-0.25, -0.2) is 0 Å². The summed E-state index contributed by atoms with van der Waals surface area (Å²) in [5.74, 6) is 0.234. The summed E-state index contributed by atoms with van der Waals surface area (Å²) in [5, 5.41) is 0. The second-order valence-electron chi connectivity index (χ2n) is 8.20. The van der Waals surface area contributed by atoms with Gasteiger partial charge in [-0.05, 0) is 66.4 Å². The molecule has 0 fully saturated rings. The van der Waals surface area contributed by atoms with Crippen LogP contribution in [0.2, 0.25) is 0 Å². The van der Waals surface area contributed by atoms with Crippen LogP contribution in [0.5, 0.6) is 5.75 Å². The van der Waals surface area contributed by atoms with Crippen LogP contribution in [0.25, 0.3) is 0 Å². The fourth-order valence-corrected chi connectivity index (χ4v) is 2.43. The maximum Gasteiger partial charge on any atom is 0.326 e. The van der Waals surface area contributed by atoms with E-state index >= 15 is 0 Å². The number of nitrogens with zero attached hydrogens (tertiary/aromatic N) is 2. The fourth-order valence-electron chi connectivity index (χ4n) is 2.43. The molecule has 0 aliphatic heterocycles. The van der Waals surface area contributed by atoms with Crippen LogP contribution in [0, 0.1) is 0 Å². The highest BCUT2D eigenvalue weighted by Crippen LogP contribution is 2.16. The molecule has 0 atom stereocenters. The fraction of sp³-hybridized carbons (Fsp3) is 0.619. The molecule has 0 bridgehead atoms. The molecular weight excluding hydrogens is 344 g/mol. The lowest BCUT2D eigenvalue weighted by Crippen LogP contribution is -2.42. The number of rotatable bonds is 9. The van der Waals surface area contributed by atoms with E-state index in [1.165, 1.54) is 0 Å². The van der Waals surface area contributed by atoms with Crippen molar-refractivity contribution >= 4 is 11.9 Å². The largest absolute Gasteiger partial charge is 0.491 e. The van der Waals surface area contributed by atoms with Gasteiger partial charge in [0.15, 0.2) is 0 Å². The van der Waals surface area contributed by atoms with Crippen molar-refractivity contribution in [3.8, 4) is 5.75 Å². The first-order valence-corrected chi connectivity index (χ1v) is 9.36. The highest BCUT2D eigenvalue weighted by molar-refractivity contribution is 5.83. The number of carbonyl (C=O) groups excluding carboxylic acids is 2. The number of amides is 1. The molecule has 1 amide bonds. The molecule has 0 aliphatic rings. The number of esters is 1. The second-order valence-corrected chi connectivity index (χ2v) is 8.20. The van der Waals surface area contributed by atoms with Crippen LogP contribution in [0.4, 0.5) is 0 Å². The summed E-state index contributed by atoms with van der Waals surface area (Å²) in [4.78, 5) is 28.6. The molecule has 0 aromatic heterocycles. The molecule has 0 aliphatic carbocycles. The van der Waals surface area contributed by atoms with Crippen molar-refractivity contribution in [3.05, 3.63) is 29.8 Å². The maximum absolute atomic E-state index is 12.8. The Hall–Kier alpha value is -2.08. The lowest BCUT2D eigenvalue weighted by molar-refractivity contribution is -0.158. The highest BCUT2D eigenvalue weighted by Gasteiger charge is 2.22. The normalized spacial score (nSPS) is 11.6. The number of likely N-dealkylation sites (N-methyl/N-ethyl adjacent to an activating group) is 1. The molecule has 1 rings (SSSR count). The van der Waals surface area contributed by atoms with Crippen LogP contribution in [0.1, 0.15) is 40.2 Å². The van der Waals surface area contributed by atoms with E-state index in [-0.39, 0.29) is 25.0 Å². The van der Waals surface area contributed by atoms with E-state index in [1.54, 1.807) is 4.90 Å². The Balaban J connectivity index is 2.82. The zero-order chi connectivity index (χ0) is 20.6. The van der Waals surface area contributed by atoms with Crippen LogP contribution < -0.4 is 4.74 Å². The van der Waals surface area contributed by atoms with Crippen molar-refractivity contribution in [1.29, 1.82) is 0 Å². The van der Waals surface area contributed by atoms with Crippen molar-refractivity contribution in [1.82, 2.24) is 9.80 Å². The summed E-state index contributed by atoms with van der Waals surface area (Å²) in [6.45, 7) is 10.5. The van der Waals surface area contributed by atoms with Gasteiger partial charge in [0.1, 0.15) is 17.9 Å². The van der Waals surface area contributed by atoms with E-state index in [9.17, 15) is 9.59 Å². The van der Waals surface area contributed by atoms with E-state index in [0.717, 1.165) is 11.3 Å². The van der Waals surface area contributed by atoms with Gasteiger partial charge in [-0.3, -0.25) is 9.59 Å². The van der Waals surface area contributed by atoms with Crippen LogP contribution in [-0.4, -0.2) is 67.1 Å². The lowest BCUT2D eigenvalue weighted by Gasteiger charge is -2.26. The van der Waals surface area contributed by atoms with Gasteiger partial charge in [-0.1, -0.05) is 12.1 Å². The molecule has 6 nitrogen and oxygen atoms in total. The molecule has 0 unspecified atom stereocenters. The molecule has 6 heteroatoms. The summed E-state index contributed by atoms with van der Waals surface area (Å²) in [5.41, 5.74) is 0.285. The van der Waals surface area contributed by atoms with Crippen LogP contribution in [-0.2, 0) is 20.7 Å². The molecule has 0 radical (unpaired) electrons. The highest BCUT2D eigenvalue weighted by atomic mass is 16.6. The molecular formula is C21H34N2O4. The minimum absolute atomic E-state index is 0.0495. The molecule has 0 heterocycles. The third-order valence-electron chi connectivity index (χ3n) is 3.54. The average Bonchev–Trinajstić information content (AvgIpc) is 2.49. The van der Waals surface area contributed by atoms with Crippen molar-refractivity contribution in [2.75, 3.05) is 33.7 Å². The molecule has 0 saturated heterocycles. The summed E-state index contributed by atoms with van der Waals surface area (Å²) < 4.78 is 11.1. The van der Waals surface area contributed by atoms with Gasteiger partial charge in [0.25, 0.3) is 0 Å². The number of hydrogen-bond acceptors (Lipinski definition) is 5. The van der Waals surface area contributed by atoms with Crippen molar-refractivity contribution < 1.29 is 19.1 Å². The van der Waals surface area contributed by atoms with Crippen LogP contribution in [0.15, 0.2) is 24.3 Å². The van der Waals surface area contributed by atoms with Gasteiger partial charge in [-0.15, -0.1) is 0 Å². The summed E-state index contributed by atoms with van der Waals surface area (Å²) in [6.07, 6.45) is 0.283. The first kappa shape index (κ1) is 23.0. The van der Waals surface area contributed by atoms with E-state index in [4.69, 9.17) is 9.47 Å². The molecule has 0 saturated carbocycles. The molecule has 27 heavy (non-hydrogen) atoms. The predicted octanol–water partition coefficient (Wildman–Crippen LogP) is 2.75. The third kappa shape index (κ3) is 9.99. The monoisotopic (exact) mass is 378 g/mol. The molecule has 152 valence electrons. The van der Waals surface area contributed by atoms with Gasteiger partial charge in [0, 0.05) is 13.1 Å². The quantitative estimate of drug-likeness (QED) is 0.619. The van der Waals surface area contributed by atoms with Gasteiger partial charge in [0.05, 0.1) is 12.5 Å². The number of benzene rings is 1. The SMILES string of the molecule is CC(C)Oc1cccc(CC(=O)N(CCN(C)C)CC(=O)OC(C)(C)C)c1. The topological polar surface area (TPSA) is 59.1 Å². The van der Waals surface area contributed by atoms with Crippen LogP contribution in [0.3, 0.4) is 0 Å². The Bertz CT molecular complexity index is 621. The van der Waals surface area contributed by atoms with Gasteiger partial charge in [0.2, 0.25) is 5.91 Å². The van der Waals surface area contributed by atoms with E-state index in [2.05, 4.69) is 0 Å². The Morgan fingerprint density at radius 2 is 1.78 bits per heavy atom. The molecule has 1 aromatic carbocycles. The Morgan fingerprint density at radius 1 is 1.11 bits per heavy atom. The smallest absolute Gasteiger partial charge is 0.326 e. The number of hydrogen-bond donors (Lipinski definition) is 0. The maximum atomic E-state index is 12.8. The summed E-state index contributed by atoms with van der Waals surface area (Å²) in [7, 11) is 3.87. The minimum Gasteiger partial charge on any atom is -0.491 e. The Kier molecular flexibility index (Phi) is 8.76. The van der Waals surface area contributed by atoms with E-state index in [0.29, 0.717) is 13.1 Å². The predicted molar refractivity (Wildman–Crippen MR) is 107 cm³/mol. The van der Waals surface area contributed by atoms with E-state index in [1.807, 2.05) is 77.9 Å². The van der Waals surface area contributed by atoms with E-state index < -0.39 is 11.6 Å². The lowest BCUT2D eigenvalue weighted by atomic mass is 10.1. The second kappa shape index (κ2) is 10.3. The van der Waals surface area contributed by atoms with Crippen LogP contribution >= 0.6 is 0 Å². The minimum atomic E-state index is -0.574. The number of ether oxygens (including phenoxy) is 2. The third-order valence-corrected chi connectivity index (χ3v) is 3.54. The molecule has 0 N–H and O–H groups in total. The van der Waals surface area contributed by atoms with Crippen molar-refractivity contribution in [2.24, 2.45) is 0 Å². The Morgan fingerprint density at radius 3 is 2.33 bits per heavy atom. The number of carbonyl (C=O) groups is 2. The van der Waals surface area contributed by atoms with Gasteiger partial charge < -0.3 is 19.3 Å². The first-order chi connectivity index (χ1) is 12.5. The zero-order valence-electron chi connectivity index (χ0n) is 17.7. The Labute approximate surface area is 163 Å². The average molecular weight is 379 g/mol.